The van der Waals surface area contributed by atoms with Crippen LogP contribution >= 0.6 is 11.6 Å². The Hall–Kier alpha value is -4.68. The van der Waals surface area contributed by atoms with Gasteiger partial charge in [-0.15, -0.1) is 0 Å². The first-order chi connectivity index (χ1) is 22.1. The molecular weight excluding hydrogens is 624 g/mol. The third kappa shape index (κ3) is 12.2. The summed E-state index contributed by atoms with van der Waals surface area (Å²) in [5.74, 6) is -2.80. The van der Waals surface area contributed by atoms with Gasteiger partial charge in [0.2, 0.25) is 11.8 Å². The first-order valence-corrected chi connectivity index (χ1v) is 15.5. The molecule has 0 unspecified atom stereocenters. The minimum absolute atomic E-state index is 0.183. The largest absolute Gasteiger partial charge is 0.444 e. The normalized spacial score (nSPS) is 13.4. The summed E-state index contributed by atoms with van der Waals surface area (Å²) in [7, 11) is 1.40. The lowest BCUT2D eigenvalue weighted by Gasteiger charge is -2.32. The van der Waals surface area contributed by atoms with E-state index in [1.165, 1.54) is 13.1 Å². The van der Waals surface area contributed by atoms with Crippen LogP contribution in [0.4, 0.5) is 4.79 Å². The van der Waals surface area contributed by atoms with Gasteiger partial charge in [0.1, 0.15) is 17.7 Å². The Balaban J connectivity index is 2.28. The maximum absolute atomic E-state index is 14.0. The second-order valence-electron chi connectivity index (χ2n) is 11.8. The van der Waals surface area contributed by atoms with Crippen LogP contribution in [-0.4, -0.2) is 72.1 Å². The van der Waals surface area contributed by atoms with Gasteiger partial charge >= 0.3 is 6.09 Å². The van der Waals surface area contributed by atoms with Crippen molar-refractivity contribution in [3.63, 3.8) is 0 Å². The number of unbranched alkanes of at least 4 members (excludes halogenated alkanes) is 1. The molecule has 0 radical (unpaired) electrons. The monoisotopic (exact) mass is 668 g/mol. The van der Waals surface area contributed by atoms with Crippen LogP contribution < -0.4 is 27.4 Å². The summed E-state index contributed by atoms with van der Waals surface area (Å²) >= 11 is 6.00. The van der Waals surface area contributed by atoms with Crippen molar-refractivity contribution < 1.29 is 28.7 Å². The van der Waals surface area contributed by atoms with Crippen LogP contribution in [-0.2, 0) is 19.1 Å². The van der Waals surface area contributed by atoms with Crippen molar-refractivity contribution in [3.8, 4) is 11.1 Å². The Bertz CT molecular complexity index is 1450. The summed E-state index contributed by atoms with van der Waals surface area (Å²) in [6.45, 7) is 10.9. The predicted molar refractivity (Wildman–Crippen MR) is 182 cm³/mol. The van der Waals surface area contributed by atoms with Crippen molar-refractivity contribution in [2.75, 3.05) is 13.6 Å². The molecule has 12 nitrogen and oxygen atoms in total. The Morgan fingerprint density at radius 2 is 1.55 bits per heavy atom. The summed E-state index contributed by atoms with van der Waals surface area (Å²) < 4.78 is 5.25. The van der Waals surface area contributed by atoms with Gasteiger partial charge in [0, 0.05) is 24.2 Å². The van der Waals surface area contributed by atoms with Gasteiger partial charge < -0.3 is 37.1 Å². The number of halogens is 1. The second-order valence-corrected chi connectivity index (χ2v) is 12.2. The van der Waals surface area contributed by atoms with Gasteiger partial charge in [-0.3, -0.25) is 19.2 Å². The minimum Gasteiger partial charge on any atom is -0.444 e. The minimum atomic E-state index is -1.49. The predicted octanol–water partition coefficient (Wildman–Crippen LogP) is 3.65. The van der Waals surface area contributed by atoms with Gasteiger partial charge in [-0.1, -0.05) is 54.6 Å². The number of likely N-dealkylation sites (N-methyl/N-ethyl adjacent to an activating group) is 1. The molecule has 0 saturated carbocycles. The van der Waals surface area contributed by atoms with Crippen LogP contribution in [0.2, 0.25) is 5.02 Å². The highest BCUT2D eigenvalue weighted by atomic mass is 35.5. The highest BCUT2D eigenvalue weighted by Crippen LogP contribution is 2.22. The molecule has 0 saturated heterocycles. The van der Waals surface area contributed by atoms with Crippen LogP contribution in [0.15, 0.2) is 72.8 Å². The molecule has 2 rings (SSSR count). The average Bonchev–Trinajstić information content (AvgIpc) is 3.01. The number of allylic oxidation sites excluding steroid dienone is 1. The maximum atomic E-state index is 14.0. The zero-order valence-electron chi connectivity index (χ0n) is 27.5. The lowest BCUT2D eigenvalue weighted by molar-refractivity contribution is -0.139. The fraction of sp³-hybridized carbons (Fsp3) is 0.382. The topological polar surface area (TPSA) is 186 Å². The number of nitrogens with two attached hydrogens (primary N) is 2. The quantitative estimate of drug-likeness (QED) is 0.109. The molecule has 254 valence electrons. The molecule has 7 N–H and O–H groups in total. The fourth-order valence-electron chi connectivity index (χ4n) is 4.55. The van der Waals surface area contributed by atoms with Crippen molar-refractivity contribution in [1.82, 2.24) is 20.9 Å². The van der Waals surface area contributed by atoms with Crippen molar-refractivity contribution in [3.05, 3.63) is 83.4 Å². The molecule has 0 fully saturated rings. The standard InChI is InChI=1S/C34H45ClN6O6/c1-7-21(8-2)27(31(44)40-28(36)29(37)42)41(6)32(45)26(11-9-10-20-38-33(46)47-34(3,4)5)39-30(43)24-14-12-22(13-15-24)23-16-18-25(35)19-17-23/h7-8,12-19,26-28H,1,9-11,20,36H2,2-6H3,(H2,37,42)(H,38,46)(H,39,43)(H,40,44)/b21-8+/t26-,27-,28+/m0/s1. The molecule has 0 heterocycles. The third-order valence-electron chi connectivity index (χ3n) is 6.99. The van der Waals surface area contributed by atoms with E-state index in [0.717, 1.165) is 16.0 Å². The molecule has 3 atom stereocenters. The average molecular weight is 669 g/mol. The van der Waals surface area contributed by atoms with E-state index in [1.54, 1.807) is 70.2 Å². The molecule has 0 aliphatic rings. The second kappa shape index (κ2) is 17.9. The molecule has 13 heteroatoms. The van der Waals surface area contributed by atoms with Crippen LogP contribution in [0, 0.1) is 0 Å². The van der Waals surface area contributed by atoms with Gasteiger partial charge in [0.15, 0.2) is 6.17 Å². The van der Waals surface area contributed by atoms with E-state index in [2.05, 4.69) is 22.5 Å². The lowest BCUT2D eigenvalue weighted by Crippen LogP contribution is -2.59. The third-order valence-corrected chi connectivity index (χ3v) is 7.24. The van der Waals surface area contributed by atoms with E-state index in [0.29, 0.717) is 29.0 Å². The molecule has 2 aromatic rings. The number of primary amides is 1. The van der Waals surface area contributed by atoms with E-state index in [-0.39, 0.29) is 13.0 Å². The summed E-state index contributed by atoms with van der Waals surface area (Å²) in [6, 6.07) is 11.8. The maximum Gasteiger partial charge on any atom is 0.407 e. The molecule has 47 heavy (non-hydrogen) atoms. The Labute approximate surface area is 280 Å². The number of hydrogen-bond acceptors (Lipinski definition) is 7. The van der Waals surface area contributed by atoms with Crippen LogP contribution in [0.5, 0.6) is 0 Å². The highest BCUT2D eigenvalue weighted by Gasteiger charge is 2.34. The van der Waals surface area contributed by atoms with Crippen molar-refractivity contribution in [2.45, 2.75) is 70.8 Å². The van der Waals surface area contributed by atoms with E-state index in [1.807, 2.05) is 12.1 Å². The van der Waals surface area contributed by atoms with Gasteiger partial charge in [0.05, 0.1) is 0 Å². The number of benzene rings is 2. The van der Waals surface area contributed by atoms with E-state index >= 15 is 0 Å². The smallest absolute Gasteiger partial charge is 0.407 e. The van der Waals surface area contributed by atoms with Crippen molar-refractivity contribution in [1.29, 1.82) is 0 Å². The first-order valence-electron chi connectivity index (χ1n) is 15.1. The van der Waals surface area contributed by atoms with E-state index in [9.17, 15) is 24.0 Å². The summed E-state index contributed by atoms with van der Waals surface area (Å²) in [4.78, 5) is 65.3. The Morgan fingerprint density at radius 1 is 0.979 bits per heavy atom. The van der Waals surface area contributed by atoms with Crippen LogP contribution in [0.25, 0.3) is 11.1 Å². The van der Waals surface area contributed by atoms with Gasteiger partial charge in [-0.25, -0.2) is 4.79 Å². The number of carbonyl (C=O) groups excluding carboxylic acids is 5. The summed E-state index contributed by atoms with van der Waals surface area (Å²) in [5.41, 5.74) is 12.7. The molecule has 0 bridgehead atoms. The number of hydrogen-bond donors (Lipinski definition) is 5. The summed E-state index contributed by atoms with van der Waals surface area (Å²) in [6.07, 6.45) is 2.03. The molecular formula is C34H45ClN6O6. The molecule has 5 amide bonds. The lowest BCUT2D eigenvalue weighted by atomic mass is 10.0. The van der Waals surface area contributed by atoms with Crippen molar-refractivity contribution >= 4 is 41.3 Å². The van der Waals surface area contributed by atoms with E-state index in [4.69, 9.17) is 27.8 Å². The fourth-order valence-corrected chi connectivity index (χ4v) is 4.67. The molecule has 2 aromatic carbocycles. The SMILES string of the molecule is C=C/C(=C\C)[C@@H](C(=O)N[C@@H](N)C(N)=O)N(C)C(=O)[C@H](CCCCNC(=O)OC(C)(C)C)NC(=O)c1ccc(-c2ccc(Cl)cc2)cc1. The number of nitrogens with one attached hydrogen (secondary N) is 3. The Kier molecular flexibility index (Phi) is 14.6. The van der Waals surface area contributed by atoms with Gasteiger partial charge in [-0.2, -0.15) is 0 Å². The number of amides is 5. The molecule has 0 spiro atoms. The number of alkyl carbamates (subject to hydrolysis) is 1. The van der Waals surface area contributed by atoms with Gasteiger partial charge in [0.25, 0.3) is 11.8 Å². The summed E-state index contributed by atoms with van der Waals surface area (Å²) in [5, 5.41) is 8.40. The first kappa shape index (κ1) is 38.5. The van der Waals surface area contributed by atoms with E-state index < -0.39 is 53.6 Å². The molecule has 0 aromatic heterocycles. The van der Waals surface area contributed by atoms with Crippen LogP contribution in [0.3, 0.4) is 0 Å². The number of carbonyl (C=O) groups is 5. The highest BCUT2D eigenvalue weighted by molar-refractivity contribution is 6.30. The molecule has 0 aliphatic carbocycles. The Morgan fingerprint density at radius 3 is 2.06 bits per heavy atom. The number of nitrogens with zero attached hydrogens (tertiary/aromatic N) is 1. The zero-order chi connectivity index (χ0) is 35.3. The van der Waals surface area contributed by atoms with Crippen LogP contribution in [0.1, 0.15) is 57.3 Å². The molecule has 0 aliphatic heterocycles. The number of ether oxygens (including phenoxy) is 1. The number of rotatable bonds is 15. The van der Waals surface area contributed by atoms with Crippen molar-refractivity contribution in [2.24, 2.45) is 11.5 Å². The zero-order valence-corrected chi connectivity index (χ0v) is 28.2. The van der Waals surface area contributed by atoms with Gasteiger partial charge in [-0.05, 0) is 87.9 Å².